The van der Waals surface area contributed by atoms with Crippen molar-refractivity contribution >= 4 is 27.6 Å². The van der Waals surface area contributed by atoms with E-state index in [9.17, 15) is 8.42 Å². The van der Waals surface area contributed by atoms with Crippen LogP contribution in [0.4, 0.5) is 5.95 Å². The third-order valence-corrected chi connectivity index (χ3v) is 4.76. The molecular formula is C12H9ClN4O3S. The molecule has 1 aromatic heterocycles. The number of anilines is 1. The number of nitriles is 1. The second-order valence-electron chi connectivity index (χ2n) is 4.59. The van der Waals surface area contributed by atoms with Crippen molar-refractivity contribution < 1.29 is 12.9 Å². The van der Waals surface area contributed by atoms with Crippen LogP contribution in [0, 0.1) is 11.3 Å². The van der Waals surface area contributed by atoms with E-state index in [0.717, 1.165) is 12.8 Å². The molecule has 2 aromatic rings. The van der Waals surface area contributed by atoms with Gasteiger partial charge in [0.05, 0.1) is 16.7 Å². The van der Waals surface area contributed by atoms with Crippen molar-refractivity contribution in [3.8, 4) is 6.07 Å². The minimum atomic E-state index is -3.94. The lowest BCUT2D eigenvalue weighted by Gasteiger charge is -2.06. The Bertz CT molecular complexity index is 836. The van der Waals surface area contributed by atoms with Gasteiger partial charge in [-0.2, -0.15) is 10.2 Å². The molecule has 0 atom stereocenters. The summed E-state index contributed by atoms with van der Waals surface area (Å²) in [5.74, 6) is 0.533. The summed E-state index contributed by atoms with van der Waals surface area (Å²) in [5, 5.41) is 12.3. The van der Waals surface area contributed by atoms with Gasteiger partial charge in [-0.25, -0.2) is 13.1 Å². The molecule has 0 spiro atoms. The van der Waals surface area contributed by atoms with Crippen molar-refractivity contribution in [1.82, 2.24) is 10.1 Å². The quantitative estimate of drug-likeness (QED) is 0.924. The summed E-state index contributed by atoms with van der Waals surface area (Å²) in [6.45, 7) is 0. The van der Waals surface area contributed by atoms with Crippen LogP contribution in [0.1, 0.15) is 30.2 Å². The summed E-state index contributed by atoms with van der Waals surface area (Å²) >= 11 is 5.89. The molecule has 1 N–H and O–H groups in total. The molecule has 108 valence electrons. The number of hydrogen-bond acceptors (Lipinski definition) is 6. The minimum Gasteiger partial charge on any atom is -0.337 e. The number of aromatic nitrogens is 2. The fourth-order valence-electron chi connectivity index (χ4n) is 1.74. The predicted octanol–water partition coefficient (Wildman–Crippen LogP) is 2.27. The highest BCUT2D eigenvalue weighted by Gasteiger charge is 2.30. The number of nitrogens with zero attached hydrogens (tertiary/aromatic N) is 3. The van der Waals surface area contributed by atoms with E-state index in [-0.39, 0.29) is 27.3 Å². The molecule has 1 aliphatic carbocycles. The highest BCUT2D eigenvalue weighted by atomic mass is 35.5. The molecular weight excluding hydrogens is 316 g/mol. The fourth-order valence-corrected chi connectivity index (χ4v) is 3.22. The standard InChI is InChI=1S/C12H9ClN4O3S/c13-9-5-7(6-14)1-4-10(9)21(18,19)17-12-15-11(20-16-12)8-2-3-8/h1,4-5,8H,2-3H2,(H,16,17). The average Bonchev–Trinajstić information content (AvgIpc) is 3.19. The normalized spacial score (nSPS) is 14.7. The third kappa shape index (κ3) is 2.84. The van der Waals surface area contributed by atoms with Gasteiger partial charge in [-0.3, -0.25) is 0 Å². The predicted molar refractivity (Wildman–Crippen MR) is 73.2 cm³/mol. The second kappa shape index (κ2) is 5.02. The van der Waals surface area contributed by atoms with Crippen molar-refractivity contribution in [1.29, 1.82) is 5.26 Å². The smallest absolute Gasteiger partial charge is 0.277 e. The van der Waals surface area contributed by atoms with Crippen molar-refractivity contribution in [3.05, 3.63) is 34.7 Å². The lowest BCUT2D eigenvalue weighted by atomic mass is 10.2. The van der Waals surface area contributed by atoms with E-state index in [4.69, 9.17) is 21.4 Å². The SMILES string of the molecule is N#Cc1ccc(S(=O)(=O)Nc2noc(C3CC3)n2)c(Cl)c1. The van der Waals surface area contributed by atoms with Crippen molar-refractivity contribution in [3.63, 3.8) is 0 Å². The number of benzene rings is 1. The third-order valence-electron chi connectivity index (χ3n) is 2.94. The Hall–Kier alpha value is -2.11. The Balaban J connectivity index is 1.87. The lowest BCUT2D eigenvalue weighted by molar-refractivity contribution is 0.380. The number of halogens is 1. The van der Waals surface area contributed by atoms with E-state index in [1.165, 1.54) is 18.2 Å². The van der Waals surface area contributed by atoms with E-state index in [0.29, 0.717) is 5.89 Å². The van der Waals surface area contributed by atoms with Gasteiger partial charge in [0, 0.05) is 5.92 Å². The summed E-state index contributed by atoms with van der Waals surface area (Å²) in [5.41, 5.74) is 0.273. The van der Waals surface area contributed by atoms with Gasteiger partial charge in [0.15, 0.2) is 0 Å². The van der Waals surface area contributed by atoms with Crippen LogP contribution in [0.25, 0.3) is 0 Å². The van der Waals surface area contributed by atoms with Crippen LogP contribution in [-0.4, -0.2) is 18.6 Å². The Morgan fingerprint density at radius 1 is 1.43 bits per heavy atom. The lowest BCUT2D eigenvalue weighted by Crippen LogP contribution is -2.14. The highest BCUT2D eigenvalue weighted by Crippen LogP contribution is 2.39. The van der Waals surface area contributed by atoms with Crippen LogP contribution < -0.4 is 4.72 Å². The largest absolute Gasteiger partial charge is 0.337 e. The van der Waals surface area contributed by atoms with Crippen LogP contribution in [0.3, 0.4) is 0 Å². The average molecular weight is 325 g/mol. The molecule has 1 aliphatic rings. The van der Waals surface area contributed by atoms with Gasteiger partial charge in [0.25, 0.3) is 16.0 Å². The number of sulfonamides is 1. The zero-order chi connectivity index (χ0) is 15.0. The molecule has 0 amide bonds. The number of hydrogen-bond donors (Lipinski definition) is 1. The zero-order valence-corrected chi connectivity index (χ0v) is 12.1. The van der Waals surface area contributed by atoms with E-state index in [2.05, 4.69) is 14.9 Å². The molecule has 7 nitrogen and oxygen atoms in total. The van der Waals surface area contributed by atoms with Crippen molar-refractivity contribution in [2.45, 2.75) is 23.7 Å². The molecule has 0 aliphatic heterocycles. The van der Waals surface area contributed by atoms with Crippen LogP contribution in [0.2, 0.25) is 5.02 Å². The first-order valence-electron chi connectivity index (χ1n) is 6.05. The second-order valence-corrected chi connectivity index (χ2v) is 6.65. The zero-order valence-electron chi connectivity index (χ0n) is 10.6. The Morgan fingerprint density at radius 3 is 2.81 bits per heavy atom. The summed E-state index contributed by atoms with van der Waals surface area (Å²) in [6, 6.07) is 5.78. The molecule has 1 fully saturated rings. The van der Waals surface area contributed by atoms with Gasteiger partial charge >= 0.3 is 0 Å². The first-order chi connectivity index (χ1) is 9.99. The molecule has 3 rings (SSSR count). The molecule has 9 heteroatoms. The van der Waals surface area contributed by atoms with E-state index < -0.39 is 10.0 Å². The first-order valence-corrected chi connectivity index (χ1v) is 7.92. The Labute approximate surface area is 125 Å². The summed E-state index contributed by atoms with van der Waals surface area (Å²) < 4.78 is 31.6. The summed E-state index contributed by atoms with van der Waals surface area (Å²) in [4.78, 5) is 3.83. The number of rotatable bonds is 4. The maximum absolute atomic E-state index is 12.2. The Kier molecular flexibility index (Phi) is 3.31. The Morgan fingerprint density at radius 2 is 2.19 bits per heavy atom. The van der Waals surface area contributed by atoms with E-state index in [1.807, 2.05) is 6.07 Å². The minimum absolute atomic E-state index is 0.0486. The van der Waals surface area contributed by atoms with Gasteiger partial charge in [-0.15, -0.1) is 0 Å². The van der Waals surface area contributed by atoms with Crippen LogP contribution in [0.5, 0.6) is 0 Å². The molecule has 21 heavy (non-hydrogen) atoms. The van der Waals surface area contributed by atoms with Gasteiger partial charge < -0.3 is 4.52 Å². The maximum Gasteiger partial charge on any atom is 0.277 e. The van der Waals surface area contributed by atoms with E-state index in [1.54, 1.807) is 0 Å². The fraction of sp³-hybridized carbons (Fsp3) is 0.250. The van der Waals surface area contributed by atoms with Crippen molar-refractivity contribution in [2.75, 3.05) is 4.72 Å². The van der Waals surface area contributed by atoms with Gasteiger partial charge in [0.2, 0.25) is 5.89 Å². The van der Waals surface area contributed by atoms with Gasteiger partial charge in [-0.05, 0) is 36.2 Å². The van der Waals surface area contributed by atoms with Gasteiger partial charge in [-0.1, -0.05) is 11.6 Å². The van der Waals surface area contributed by atoms with Crippen LogP contribution in [-0.2, 0) is 10.0 Å². The van der Waals surface area contributed by atoms with Crippen LogP contribution >= 0.6 is 11.6 Å². The van der Waals surface area contributed by atoms with Crippen LogP contribution in [0.15, 0.2) is 27.6 Å². The molecule has 0 radical (unpaired) electrons. The topological polar surface area (TPSA) is 109 Å². The molecule has 0 unspecified atom stereocenters. The molecule has 1 aromatic carbocycles. The highest BCUT2D eigenvalue weighted by molar-refractivity contribution is 7.92. The molecule has 0 bridgehead atoms. The van der Waals surface area contributed by atoms with Gasteiger partial charge in [0.1, 0.15) is 4.90 Å². The van der Waals surface area contributed by atoms with Crippen molar-refractivity contribution in [2.24, 2.45) is 0 Å². The van der Waals surface area contributed by atoms with E-state index >= 15 is 0 Å². The first kappa shape index (κ1) is 13.9. The molecule has 0 saturated heterocycles. The number of nitrogens with one attached hydrogen (secondary N) is 1. The molecule has 1 heterocycles. The summed E-state index contributed by atoms with van der Waals surface area (Å²) in [7, 11) is -3.94. The maximum atomic E-state index is 12.2. The molecule has 1 saturated carbocycles. The summed E-state index contributed by atoms with van der Waals surface area (Å²) in [6.07, 6.45) is 1.94. The monoisotopic (exact) mass is 324 g/mol.